The molecule has 63 heavy (non-hydrogen) atoms. The minimum absolute atomic E-state index is 0.0133. The SMILES string of the molecule is Cc1noc(C)c1-c1ccc2c(c1)nc(C1CCCC(=O)N1c1ccc(F)c(F)c1)n2C1CCN(C(=O)CCN2Cc3cc4c(cc3C2)C(=O)N(C2CCC(=O)NC2=O)C4=O)CC1. The van der Waals surface area contributed by atoms with E-state index in [-0.39, 0.29) is 60.4 Å². The van der Waals surface area contributed by atoms with Crippen molar-refractivity contribution in [2.24, 2.45) is 0 Å². The number of carbonyl (C=O) groups is 6. The Morgan fingerprint density at radius 3 is 2.22 bits per heavy atom. The van der Waals surface area contributed by atoms with E-state index in [2.05, 4.69) is 19.9 Å². The molecule has 5 aliphatic rings. The summed E-state index contributed by atoms with van der Waals surface area (Å²) in [7, 11) is 0. The molecule has 0 spiro atoms. The molecule has 2 aromatic heterocycles. The van der Waals surface area contributed by atoms with Gasteiger partial charge in [0.2, 0.25) is 23.6 Å². The lowest BCUT2D eigenvalue weighted by molar-refractivity contribution is -0.136. The Morgan fingerprint density at radius 2 is 1.56 bits per heavy atom. The lowest BCUT2D eigenvalue weighted by Crippen LogP contribution is -2.54. The molecule has 15 nitrogen and oxygen atoms in total. The van der Waals surface area contributed by atoms with Crippen molar-refractivity contribution in [2.45, 2.75) is 96.4 Å². The number of piperidine rings is 3. The van der Waals surface area contributed by atoms with Crippen LogP contribution in [0.1, 0.15) is 113 Å². The van der Waals surface area contributed by atoms with Crippen LogP contribution in [0.3, 0.4) is 0 Å². The number of nitrogens with zero attached hydrogens (tertiary/aromatic N) is 7. The van der Waals surface area contributed by atoms with Gasteiger partial charge in [0.15, 0.2) is 11.6 Å². The predicted molar refractivity (Wildman–Crippen MR) is 222 cm³/mol. The van der Waals surface area contributed by atoms with Crippen LogP contribution in [0.2, 0.25) is 0 Å². The predicted octanol–water partition coefficient (Wildman–Crippen LogP) is 5.82. The van der Waals surface area contributed by atoms with Crippen molar-refractivity contribution in [3.8, 4) is 11.1 Å². The van der Waals surface area contributed by atoms with Crippen LogP contribution in [0.5, 0.6) is 0 Å². The molecule has 5 aromatic rings. The largest absolute Gasteiger partial charge is 0.361 e. The fourth-order valence-electron chi connectivity index (χ4n) is 10.2. The maximum Gasteiger partial charge on any atom is 0.262 e. The van der Waals surface area contributed by atoms with Crippen molar-refractivity contribution in [2.75, 3.05) is 24.5 Å². The number of imidazole rings is 1. The van der Waals surface area contributed by atoms with E-state index in [9.17, 15) is 37.5 Å². The Labute approximate surface area is 360 Å². The number of rotatable bonds is 8. The highest BCUT2D eigenvalue weighted by molar-refractivity contribution is 6.23. The third kappa shape index (κ3) is 6.98. The highest BCUT2D eigenvalue weighted by atomic mass is 19.2. The molecule has 17 heteroatoms. The number of halogens is 2. The molecule has 2 atom stereocenters. The molecular weight excluding hydrogens is 815 g/mol. The van der Waals surface area contributed by atoms with Crippen molar-refractivity contribution in [1.29, 1.82) is 0 Å². The van der Waals surface area contributed by atoms with Gasteiger partial charge in [0, 0.05) is 75.3 Å². The molecule has 10 rings (SSSR count). The van der Waals surface area contributed by atoms with Crippen LogP contribution >= 0.6 is 0 Å². The summed E-state index contributed by atoms with van der Waals surface area (Å²) >= 11 is 0. The van der Waals surface area contributed by atoms with Crippen LogP contribution < -0.4 is 10.2 Å². The molecule has 324 valence electrons. The number of hydrogen-bond donors (Lipinski definition) is 1. The minimum Gasteiger partial charge on any atom is -0.361 e. The van der Waals surface area contributed by atoms with Crippen LogP contribution in [0.4, 0.5) is 14.5 Å². The second-order valence-electron chi connectivity index (χ2n) is 17.2. The topological polar surface area (TPSA) is 171 Å². The maximum atomic E-state index is 14.6. The van der Waals surface area contributed by atoms with Crippen molar-refractivity contribution >= 4 is 52.2 Å². The monoisotopic (exact) mass is 858 g/mol. The van der Waals surface area contributed by atoms with Crippen LogP contribution in [0, 0.1) is 25.5 Å². The molecule has 3 saturated heterocycles. The summed E-state index contributed by atoms with van der Waals surface area (Å²) in [6.07, 6.45) is 3.10. The van der Waals surface area contributed by atoms with E-state index < -0.39 is 47.3 Å². The molecule has 0 saturated carbocycles. The van der Waals surface area contributed by atoms with E-state index in [0.29, 0.717) is 75.5 Å². The quantitative estimate of drug-likeness (QED) is 0.188. The molecule has 6 amide bonds. The highest BCUT2D eigenvalue weighted by Gasteiger charge is 2.45. The molecule has 1 N–H and O–H groups in total. The van der Waals surface area contributed by atoms with Gasteiger partial charge >= 0.3 is 0 Å². The lowest BCUT2D eigenvalue weighted by atomic mass is 9.98. The Kier molecular flexibility index (Phi) is 10.0. The molecule has 5 aliphatic heterocycles. The van der Waals surface area contributed by atoms with Gasteiger partial charge in [0.05, 0.1) is 33.9 Å². The maximum absolute atomic E-state index is 14.6. The number of fused-ring (bicyclic) bond motifs is 3. The molecule has 0 radical (unpaired) electrons. The summed E-state index contributed by atoms with van der Waals surface area (Å²) in [6, 6.07) is 11.3. The van der Waals surface area contributed by atoms with E-state index in [4.69, 9.17) is 9.51 Å². The average Bonchev–Trinajstić information content (AvgIpc) is 4.01. The Balaban J connectivity index is 0.844. The zero-order chi connectivity index (χ0) is 43.8. The second kappa shape index (κ2) is 15.6. The summed E-state index contributed by atoms with van der Waals surface area (Å²) in [5, 5.41) is 6.35. The summed E-state index contributed by atoms with van der Waals surface area (Å²) in [4.78, 5) is 90.0. The van der Waals surface area contributed by atoms with E-state index >= 15 is 0 Å². The van der Waals surface area contributed by atoms with E-state index in [1.165, 1.54) is 6.07 Å². The normalized spacial score (nSPS) is 20.9. The fourth-order valence-corrected chi connectivity index (χ4v) is 10.2. The number of aryl methyl sites for hydroxylation is 2. The smallest absolute Gasteiger partial charge is 0.262 e. The van der Waals surface area contributed by atoms with Crippen LogP contribution in [0.15, 0.2) is 53.1 Å². The molecule has 3 fully saturated rings. The molecule has 2 unspecified atom stereocenters. The van der Waals surface area contributed by atoms with Gasteiger partial charge in [-0.2, -0.15) is 0 Å². The van der Waals surface area contributed by atoms with Gasteiger partial charge in [-0.25, -0.2) is 13.8 Å². The van der Waals surface area contributed by atoms with Crippen molar-refractivity contribution in [1.82, 2.24) is 34.7 Å². The highest BCUT2D eigenvalue weighted by Crippen LogP contribution is 2.41. The van der Waals surface area contributed by atoms with E-state index in [1.54, 1.807) is 17.0 Å². The number of imide groups is 2. The molecule has 0 bridgehead atoms. The standard InChI is InChI=1S/C46H44F2N8O7/c1-24-42(25(2)63-51-24)26-6-9-36-35(20-26)49-43(37-4-3-5-41(59)54(37)30-7-8-33(47)34(48)21-30)55(36)29-12-16-53(17-13-29)40(58)14-15-52-22-27-18-31-32(19-28(27)23-52)46(62)56(45(31)61)38-10-11-39(57)50-44(38)60/h6-9,18-21,29,37-38H,3-5,10-17,22-23H2,1-2H3,(H,50,57,60). The number of anilines is 1. The second-order valence-corrected chi connectivity index (χ2v) is 17.2. The van der Waals surface area contributed by atoms with E-state index in [1.807, 2.05) is 36.9 Å². The Bertz CT molecular complexity index is 2730. The third-order valence-corrected chi connectivity index (χ3v) is 13.3. The first kappa shape index (κ1) is 40.5. The van der Waals surface area contributed by atoms with Crippen LogP contribution in [-0.4, -0.2) is 90.5 Å². The first-order chi connectivity index (χ1) is 30.3. The average molecular weight is 859 g/mol. The fraction of sp³-hybridized carbons (Fsp3) is 0.391. The molecule has 7 heterocycles. The number of carbonyl (C=O) groups excluding carboxylic acids is 6. The number of amides is 6. The number of benzene rings is 3. The van der Waals surface area contributed by atoms with Gasteiger partial charge in [0.1, 0.15) is 17.6 Å². The van der Waals surface area contributed by atoms with E-state index in [0.717, 1.165) is 50.5 Å². The summed E-state index contributed by atoms with van der Waals surface area (Å²) in [5.74, 6) is -3.06. The van der Waals surface area contributed by atoms with Crippen molar-refractivity contribution < 1.29 is 42.1 Å². The van der Waals surface area contributed by atoms with Crippen LogP contribution in [-0.2, 0) is 32.3 Å². The third-order valence-electron chi connectivity index (χ3n) is 13.3. The van der Waals surface area contributed by atoms with Crippen molar-refractivity contribution in [3.63, 3.8) is 0 Å². The van der Waals surface area contributed by atoms with Crippen LogP contribution in [0.25, 0.3) is 22.2 Å². The van der Waals surface area contributed by atoms with Gasteiger partial charge in [-0.3, -0.25) is 43.9 Å². The zero-order valence-corrected chi connectivity index (χ0v) is 34.8. The van der Waals surface area contributed by atoms with Gasteiger partial charge in [-0.15, -0.1) is 0 Å². The van der Waals surface area contributed by atoms with Gasteiger partial charge < -0.3 is 18.9 Å². The number of hydrogen-bond acceptors (Lipinski definition) is 10. The number of aromatic nitrogens is 3. The summed E-state index contributed by atoms with van der Waals surface area (Å²) in [6.45, 7) is 6.20. The van der Waals surface area contributed by atoms with Crippen molar-refractivity contribution in [3.05, 3.63) is 99.7 Å². The first-order valence-corrected chi connectivity index (χ1v) is 21.4. The Hall–Kier alpha value is -6.62. The lowest BCUT2D eigenvalue weighted by Gasteiger charge is -2.38. The number of nitrogens with one attached hydrogen (secondary N) is 1. The van der Waals surface area contributed by atoms with Gasteiger partial charge in [-0.1, -0.05) is 11.2 Å². The number of likely N-dealkylation sites (tertiary alicyclic amines) is 1. The Morgan fingerprint density at radius 1 is 0.825 bits per heavy atom. The molecule has 0 aliphatic carbocycles. The molecular formula is C46H44F2N8O7. The minimum atomic E-state index is -1.04. The van der Waals surface area contributed by atoms with Gasteiger partial charge in [-0.05, 0) is 99.0 Å². The van der Waals surface area contributed by atoms with Gasteiger partial charge in [0.25, 0.3) is 11.8 Å². The summed E-state index contributed by atoms with van der Waals surface area (Å²) in [5.41, 5.74) is 6.60. The summed E-state index contributed by atoms with van der Waals surface area (Å²) < 4.78 is 36.3. The first-order valence-electron chi connectivity index (χ1n) is 21.4. The molecule has 3 aromatic carbocycles. The zero-order valence-electron chi connectivity index (χ0n) is 34.8.